The van der Waals surface area contributed by atoms with Crippen LogP contribution in [-0.4, -0.2) is 32.5 Å². The molecule has 2 amide bonds. The smallest absolute Gasteiger partial charge is 0.260 e. The first-order valence-electron chi connectivity index (χ1n) is 8.98. The normalized spacial score (nSPS) is 17.5. The fraction of sp³-hybridized carbons (Fsp3) is 0.300. The van der Waals surface area contributed by atoms with E-state index in [1.807, 2.05) is 13.8 Å². The lowest BCUT2D eigenvalue weighted by atomic mass is 9.93. The van der Waals surface area contributed by atoms with Gasteiger partial charge >= 0.3 is 0 Å². The Labute approximate surface area is 179 Å². The molecule has 9 heteroatoms. The summed E-state index contributed by atoms with van der Waals surface area (Å²) < 4.78 is 23.8. The van der Waals surface area contributed by atoms with Crippen LogP contribution in [0.2, 0.25) is 10.0 Å². The Bertz CT molecular complexity index is 1100. The number of nitrogens with one attached hydrogen (secondary N) is 1. The van der Waals surface area contributed by atoms with E-state index in [4.69, 9.17) is 23.2 Å². The minimum absolute atomic E-state index is 0.0514. The number of halogens is 2. The molecule has 2 aromatic carbocycles. The molecule has 0 spiro atoms. The third-order valence-corrected chi connectivity index (χ3v) is 6.68. The molecule has 154 valence electrons. The molecule has 3 rings (SSSR count). The van der Waals surface area contributed by atoms with Crippen LogP contribution >= 0.6 is 23.2 Å². The van der Waals surface area contributed by atoms with Crippen LogP contribution in [0, 0.1) is 5.92 Å². The molecule has 1 heterocycles. The second-order valence-electron chi connectivity index (χ2n) is 7.07. The Balaban J connectivity index is 2.19. The topological polar surface area (TPSA) is 83.6 Å². The minimum atomic E-state index is -3.48. The van der Waals surface area contributed by atoms with Gasteiger partial charge in [0.15, 0.2) is 9.84 Å². The van der Waals surface area contributed by atoms with Crippen LogP contribution in [0.15, 0.2) is 41.3 Å². The van der Waals surface area contributed by atoms with E-state index in [0.717, 1.165) is 6.26 Å². The molecule has 0 bridgehead atoms. The number of nitrogens with zero attached hydrogens (tertiary/aromatic N) is 1. The van der Waals surface area contributed by atoms with Gasteiger partial charge in [0, 0.05) is 11.3 Å². The number of hydrogen-bond donors (Lipinski definition) is 1. The highest BCUT2D eigenvalue weighted by Gasteiger charge is 2.40. The summed E-state index contributed by atoms with van der Waals surface area (Å²) in [5.41, 5.74) is 0.881. The van der Waals surface area contributed by atoms with E-state index < -0.39 is 21.8 Å². The summed E-state index contributed by atoms with van der Waals surface area (Å²) in [6.07, 6.45) is 1.74. The van der Waals surface area contributed by atoms with Crippen molar-refractivity contribution in [2.24, 2.45) is 5.92 Å². The first-order valence-corrected chi connectivity index (χ1v) is 11.6. The molecule has 0 aromatic heterocycles. The van der Waals surface area contributed by atoms with E-state index in [9.17, 15) is 18.0 Å². The highest BCUT2D eigenvalue weighted by atomic mass is 35.5. The van der Waals surface area contributed by atoms with Gasteiger partial charge in [-0.05, 0) is 42.3 Å². The lowest BCUT2D eigenvalue weighted by molar-refractivity contribution is -0.118. The van der Waals surface area contributed by atoms with Crippen molar-refractivity contribution >= 4 is 56.2 Å². The molecule has 0 unspecified atom stereocenters. The first kappa shape index (κ1) is 21.6. The largest absolute Gasteiger partial charge is 0.322 e. The molecule has 29 heavy (non-hydrogen) atoms. The van der Waals surface area contributed by atoms with E-state index in [1.54, 1.807) is 6.07 Å². The summed E-state index contributed by atoms with van der Waals surface area (Å²) in [6.45, 7) is 3.81. The van der Waals surface area contributed by atoms with Crippen molar-refractivity contribution in [3.05, 3.63) is 52.0 Å². The van der Waals surface area contributed by atoms with Gasteiger partial charge in [-0.2, -0.15) is 0 Å². The predicted octanol–water partition coefficient (Wildman–Crippen LogP) is 4.41. The number of carbonyl (C=O) groups is 2. The van der Waals surface area contributed by atoms with Crippen LogP contribution in [0.4, 0.5) is 11.4 Å². The zero-order valence-electron chi connectivity index (χ0n) is 16.1. The Hall–Kier alpha value is -2.09. The molecule has 0 saturated heterocycles. The van der Waals surface area contributed by atoms with Crippen LogP contribution in [-0.2, 0) is 14.6 Å². The van der Waals surface area contributed by atoms with Crippen LogP contribution in [0.25, 0.3) is 0 Å². The van der Waals surface area contributed by atoms with Crippen LogP contribution in [0.5, 0.6) is 0 Å². The molecule has 6 nitrogen and oxygen atoms in total. The quantitative estimate of drug-likeness (QED) is 0.741. The summed E-state index contributed by atoms with van der Waals surface area (Å²) in [5.74, 6) is -0.983. The number of carbonyl (C=O) groups excluding carboxylic acids is 2. The maximum atomic E-state index is 13.5. The van der Waals surface area contributed by atoms with Gasteiger partial charge in [0.1, 0.15) is 6.04 Å². The summed E-state index contributed by atoms with van der Waals surface area (Å²) in [4.78, 5) is 27.8. The van der Waals surface area contributed by atoms with Crippen molar-refractivity contribution in [3.63, 3.8) is 0 Å². The van der Waals surface area contributed by atoms with Gasteiger partial charge in [0.05, 0.1) is 26.9 Å². The number of benzene rings is 2. The Morgan fingerprint density at radius 1 is 1.21 bits per heavy atom. The Kier molecular flexibility index (Phi) is 5.94. The number of hydrogen-bond acceptors (Lipinski definition) is 4. The van der Waals surface area contributed by atoms with Crippen LogP contribution in [0.3, 0.4) is 0 Å². The van der Waals surface area contributed by atoms with E-state index in [0.29, 0.717) is 17.1 Å². The van der Waals surface area contributed by atoms with Crippen molar-refractivity contribution < 1.29 is 18.0 Å². The van der Waals surface area contributed by atoms with E-state index in [2.05, 4.69) is 5.32 Å². The standard InChI is InChI=1S/C20H20Cl2N2O4S/c1-4-11(2)18-19(25)23-16-10-13(29(3,27)28)6-8-17(16)24(18)20(26)14-7-5-12(21)9-15(14)22/h5-11,18H,4H2,1-3H3,(H,23,25)/t11-,18-/m0/s1. The van der Waals surface area contributed by atoms with Crippen molar-refractivity contribution in [2.75, 3.05) is 16.5 Å². The van der Waals surface area contributed by atoms with Gasteiger partial charge in [-0.3, -0.25) is 14.5 Å². The van der Waals surface area contributed by atoms with Crippen molar-refractivity contribution in [1.29, 1.82) is 0 Å². The molecule has 1 N–H and O–H groups in total. The van der Waals surface area contributed by atoms with Gasteiger partial charge in [-0.1, -0.05) is 43.5 Å². The summed E-state index contributed by atoms with van der Waals surface area (Å²) in [5, 5.41) is 3.31. The molecule has 1 aliphatic rings. The van der Waals surface area contributed by atoms with Gasteiger partial charge in [-0.25, -0.2) is 8.42 Å². The minimum Gasteiger partial charge on any atom is -0.322 e. The first-order chi connectivity index (χ1) is 13.5. The monoisotopic (exact) mass is 454 g/mol. The SMILES string of the molecule is CC[C@H](C)[C@H]1C(=O)Nc2cc(S(C)(=O)=O)ccc2N1C(=O)c1ccc(Cl)cc1Cl. The van der Waals surface area contributed by atoms with Gasteiger partial charge in [0.25, 0.3) is 5.91 Å². The fourth-order valence-corrected chi connectivity index (χ4v) is 4.43. The molecule has 1 aliphatic heterocycles. The number of anilines is 2. The fourth-order valence-electron chi connectivity index (χ4n) is 3.29. The predicted molar refractivity (Wildman–Crippen MR) is 115 cm³/mol. The molecule has 0 fully saturated rings. The second-order valence-corrected chi connectivity index (χ2v) is 9.93. The highest BCUT2D eigenvalue weighted by Crippen LogP contribution is 2.38. The lowest BCUT2D eigenvalue weighted by Crippen LogP contribution is -2.54. The second kappa shape index (κ2) is 7.97. The summed E-state index contributed by atoms with van der Waals surface area (Å²) in [7, 11) is -3.48. The molecule has 0 radical (unpaired) electrons. The molecule has 2 aromatic rings. The molecular weight excluding hydrogens is 435 g/mol. The average Bonchev–Trinajstić information content (AvgIpc) is 2.64. The van der Waals surface area contributed by atoms with Crippen LogP contribution in [0.1, 0.15) is 30.6 Å². The summed E-state index contributed by atoms with van der Waals surface area (Å²) in [6, 6.07) is 8.07. The number of fused-ring (bicyclic) bond motifs is 1. The zero-order valence-corrected chi connectivity index (χ0v) is 18.4. The van der Waals surface area contributed by atoms with Crippen molar-refractivity contribution in [1.82, 2.24) is 0 Å². The van der Waals surface area contributed by atoms with Crippen molar-refractivity contribution in [2.45, 2.75) is 31.2 Å². The van der Waals surface area contributed by atoms with E-state index in [-0.39, 0.29) is 33.0 Å². The van der Waals surface area contributed by atoms with E-state index in [1.165, 1.54) is 35.2 Å². The molecule has 0 saturated carbocycles. The number of sulfone groups is 1. The maximum absolute atomic E-state index is 13.5. The van der Waals surface area contributed by atoms with Crippen molar-refractivity contribution in [3.8, 4) is 0 Å². The third kappa shape index (κ3) is 4.13. The van der Waals surface area contributed by atoms with Gasteiger partial charge in [-0.15, -0.1) is 0 Å². The lowest BCUT2D eigenvalue weighted by Gasteiger charge is -2.39. The molecule has 0 aliphatic carbocycles. The molecule has 2 atom stereocenters. The highest BCUT2D eigenvalue weighted by molar-refractivity contribution is 7.90. The summed E-state index contributed by atoms with van der Waals surface area (Å²) >= 11 is 12.2. The van der Waals surface area contributed by atoms with Gasteiger partial charge in [0.2, 0.25) is 5.91 Å². The van der Waals surface area contributed by atoms with Gasteiger partial charge < -0.3 is 5.32 Å². The zero-order chi connectivity index (χ0) is 21.5. The average molecular weight is 455 g/mol. The maximum Gasteiger partial charge on any atom is 0.260 e. The Morgan fingerprint density at radius 2 is 1.90 bits per heavy atom. The number of amides is 2. The molecular formula is C20H20Cl2N2O4S. The number of rotatable bonds is 4. The third-order valence-electron chi connectivity index (χ3n) is 5.02. The van der Waals surface area contributed by atoms with E-state index >= 15 is 0 Å². The Morgan fingerprint density at radius 3 is 2.48 bits per heavy atom. The van der Waals surface area contributed by atoms with Crippen LogP contribution < -0.4 is 10.2 Å².